The van der Waals surface area contributed by atoms with Crippen molar-refractivity contribution in [2.24, 2.45) is 11.8 Å². The summed E-state index contributed by atoms with van der Waals surface area (Å²) in [6.45, 7) is 3.70. The average molecular weight is 625 g/mol. The number of allylic oxidation sites excluding steroid dienone is 1. The number of nitrogens with one attached hydrogen (secondary N) is 3. The van der Waals surface area contributed by atoms with Crippen molar-refractivity contribution in [1.29, 1.82) is 5.26 Å². The van der Waals surface area contributed by atoms with E-state index in [-0.39, 0.29) is 46.8 Å². The Kier molecular flexibility index (Phi) is 8.02. The zero-order valence-electron chi connectivity index (χ0n) is 25.1. The van der Waals surface area contributed by atoms with Gasteiger partial charge in [0.25, 0.3) is 11.8 Å². The van der Waals surface area contributed by atoms with Crippen LogP contribution in [0.4, 0.5) is 10.5 Å². The Morgan fingerprint density at radius 2 is 1.84 bits per heavy atom. The van der Waals surface area contributed by atoms with E-state index in [1.54, 1.807) is 11.0 Å². The molecule has 4 aliphatic heterocycles. The van der Waals surface area contributed by atoms with E-state index in [1.807, 2.05) is 60.4 Å². The predicted molar refractivity (Wildman–Crippen MR) is 171 cm³/mol. The summed E-state index contributed by atoms with van der Waals surface area (Å²) in [6.07, 6.45) is 5.88. The molecule has 7 rings (SSSR count). The van der Waals surface area contributed by atoms with E-state index in [1.165, 1.54) is 11.8 Å². The van der Waals surface area contributed by atoms with Gasteiger partial charge in [0.05, 0.1) is 16.3 Å². The van der Waals surface area contributed by atoms with Gasteiger partial charge in [0.2, 0.25) is 0 Å². The van der Waals surface area contributed by atoms with Gasteiger partial charge < -0.3 is 25.6 Å². The van der Waals surface area contributed by atoms with Crippen LogP contribution in [-0.4, -0.2) is 59.8 Å². The molecule has 1 saturated carbocycles. The van der Waals surface area contributed by atoms with E-state index < -0.39 is 0 Å². The smallest absolute Gasteiger partial charge is 0.326 e. The quantitative estimate of drug-likeness (QED) is 0.305. The third-order valence-electron chi connectivity index (χ3n) is 9.25. The van der Waals surface area contributed by atoms with Crippen molar-refractivity contribution in [2.75, 3.05) is 24.5 Å². The molecule has 0 aromatic heterocycles. The second-order valence-electron chi connectivity index (χ2n) is 12.4. The first-order chi connectivity index (χ1) is 21.9. The molecule has 0 radical (unpaired) electrons. The van der Waals surface area contributed by atoms with Gasteiger partial charge in [-0.2, -0.15) is 5.26 Å². The normalized spacial score (nSPS) is 24.9. The Morgan fingerprint density at radius 3 is 2.56 bits per heavy atom. The summed E-state index contributed by atoms with van der Waals surface area (Å²) in [5, 5.41) is 19.3. The van der Waals surface area contributed by atoms with E-state index in [2.05, 4.69) is 22.0 Å². The van der Waals surface area contributed by atoms with Crippen LogP contribution in [-0.2, 0) is 9.59 Å². The van der Waals surface area contributed by atoms with Crippen LogP contribution >= 0.6 is 11.8 Å². The zero-order chi connectivity index (χ0) is 31.1. The molecule has 4 fully saturated rings. The van der Waals surface area contributed by atoms with Crippen molar-refractivity contribution in [3.8, 4) is 17.6 Å². The molecule has 0 spiro atoms. The number of anilines is 1. The standard InChI is InChI=1S/C34H36N6O4S/c1-20-17-25(44-24-5-3-2-4-6-24)9-10-26(20)40-27-11-14-36-32-28(27)29(38-34(40)43)30(45-32)31(41)37-23-12-15-39(16-13-23)33(42)22(19-35)18-21-7-8-21/h2-6,9-10,17-18,21,23,27-28,32,36H,7-8,11-16H2,1H3,(H,37,41)(H,38,43)/b22-18+. The minimum absolute atomic E-state index is 0.0225. The van der Waals surface area contributed by atoms with Gasteiger partial charge in [0.1, 0.15) is 23.1 Å². The van der Waals surface area contributed by atoms with Crippen LogP contribution in [0, 0.1) is 30.1 Å². The summed E-state index contributed by atoms with van der Waals surface area (Å²) in [4.78, 5) is 44.3. The van der Waals surface area contributed by atoms with Gasteiger partial charge in [-0.1, -0.05) is 36.0 Å². The number of carbonyl (C=O) groups is 3. The number of thioether (sulfide) groups is 1. The van der Waals surface area contributed by atoms with E-state index in [0.717, 1.165) is 42.8 Å². The lowest BCUT2D eigenvalue weighted by Crippen LogP contribution is -2.62. The highest BCUT2D eigenvalue weighted by atomic mass is 32.2. The SMILES string of the molecule is Cc1cc(Oc2ccccc2)ccc1N1C(=O)NC2=C(C(=O)NC3CCN(C(=O)/C(C#N)=C/C4CC4)CC3)SC3NCCC1C23. The number of carbonyl (C=O) groups excluding carboxylic acids is 3. The summed E-state index contributed by atoms with van der Waals surface area (Å²) in [7, 11) is 0. The predicted octanol–water partition coefficient (Wildman–Crippen LogP) is 4.55. The molecule has 3 saturated heterocycles. The molecule has 232 valence electrons. The number of hydrogen-bond donors (Lipinski definition) is 3. The summed E-state index contributed by atoms with van der Waals surface area (Å²) in [6, 6.07) is 17.0. The molecule has 4 heterocycles. The monoisotopic (exact) mass is 624 g/mol. The lowest BCUT2D eigenvalue weighted by molar-refractivity contribution is -0.127. The lowest BCUT2D eigenvalue weighted by Gasteiger charge is -2.46. The van der Waals surface area contributed by atoms with Crippen LogP contribution < -0.4 is 25.6 Å². The molecule has 3 atom stereocenters. The Bertz CT molecular complexity index is 1620. The van der Waals surface area contributed by atoms with Crippen molar-refractivity contribution >= 4 is 35.3 Å². The van der Waals surface area contributed by atoms with E-state index >= 15 is 0 Å². The number of nitrogens with zero attached hydrogens (tertiary/aromatic N) is 3. The van der Waals surface area contributed by atoms with E-state index in [9.17, 15) is 19.6 Å². The van der Waals surface area contributed by atoms with Crippen molar-refractivity contribution < 1.29 is 19.1 Å². The molecule has 45 heavy (non-hydrogen) atoms. The largest absolute Gasteiger partial charge is 0.457 e. The maximum absolute atomic E-state index is 13.7. The minimum Gasteiger partial charge on any atom is -0.457 e. The molecule has 2 aromatic carbocycles. The molecular weight excluding hydrogens is 588 g/mol. The van der Waals surface area contributed by atoms with Gasteiger partial charge in [0.15, 0.2) is 0 Å². The Morgan fingerprint density at radius 1 is 1.07 bits per heavy atom. The van der Waals surface area contributed by atoms with Crippen LogP contribution in [0.3, 0.4) is 0 Å². The Hall–Kier alpha value is -4.27. The number of hydrogen-bond acceptors (Lipinski definition) is 7. The number of likely N-dealkylation sites (tertiary alicyclic amines) is 1. The summed E-state index contributed by atoms with van der Waals surface area (Å²) in [5.41, 5.74) is 2.68. The maximum Gasteiger partial charge on any atom is 0.326 e. The van der Waals surface area contributed by atoms with Gasteiger partial charge in [0, 0.05) is 36.4 Å². The first kappa shape index (κ1) is 29.4. The van der Waals surface area contributed by atoms with Gasteiger partial charge in [-0.3, -0.25) is 14.5 Å². The minimum atomic E-state index is -0.237. The highest BCUT2D eigenvalue weighted by molar-refractivity contribution is 8.04. The average Bonchev–Trinajstić information content (AvgIpc) is 3.80. The fraction of sp³-hybridized carbons (Fsp3) is 0.412. The number of rotatable bonds is 7. The molecule has 4 amide bonds. The van der Waals surface area contributed by atoms with Gasteiger partial charge in [-0.05, 0) is 87.4 Å². The molecule has 1 aliphatic carbocycles. The first-order valence-corrected chi connectivity index (χ1v) is 16.6. The molecule has 3 N–H and O–H groups in total. The number of para-hydroxylation sites is 1. The van der Waals surface area contributed by atoms with Crippen LogP contribution in [0.25, 0.3) is 0 Å². The summed E-state index contributed by atoms with van der Waals surface area (Å²) >= 11 is 1.49. The number of urea groups is 1. The van der Waals surface area contributed by atoms with Gasteiger partial charge >= 0.3 is 6.03 Å². The molecule has 3 unspecified atom stereocenters. The maximum atomic E-state index is 13.7. The molecule has 10 nitrogen and oxygen atoms in total. The lowest BCUT2D eigenvalue weighted by atomic mass is 9.86. The number of ether oxygens (including phenoxy) is 1. The Labute approximate surface area is 266 Å². The second kappa shape index (κ2) is 12.3. The van der Waals surface area contributed by atoms with Crippen molar-refractivity contribution in [2.45, 2.75) is 56.5 Å². The first-order valence-electron chi connectivity index (χ1n) is 15.7. The fourth-order valence-electron chi connectivity index (χ4n) is 6.79. The van der Waals surface area contributed by atoms with Crippen molar-refractivity contribution in [3.63, 3.8) is 0 Å². The third kappa shape index (κ3) is 5.92. The van der Waals surface area contributed by atoms with Crippen LogP contribution in [0.15, 0.2) is 70.8 Å². The van der Waals surface area contributed by atoms with Crippen molar-refractivity contribution in [1.82, 2.24) is 20.9 Å². The highest BCUT2D eigenvalue weighted by Crippen LogP contribution is 2.48. The second-order valence-corrected chi connectivity index (χ2v) is 13.5. The third-order valence-corrected chi connectivity index (χ3v) is 10.6. The molecular formula is C34H36N6O4S. The summed E-state index contributed by atoms with van der Waals surface area (Å²) < 4.78 is 6.01. The Balaban J connectivity index is 1.03. The molecule has 5 aliphatic rings. The van der Waals surface area contributed by atoms with Gasteiger partial charge in [-0.15, -0.1) is 0 Å². The molecule has 11 heteroatoms. The number of nitriles is 1. The van der Waals surface area contributed by atoms with Crippen LogP contribution in [0.5, 0.6) is 11.5 Å². The topological polar surface area (TPSA) is 127 Å². The fourth-order valence-corrected chi connectivity index (χ4v) is 8.19. The van der Waals surface area contributed by atoms with Crippen molar-refractivity contribution in [3.05, 3.63) is 76.3 Å². The molecule has 2 aromatic rings. The van der Waals surface area contributed by atoms with E-state index in [0.29, 0.717) is 48.2 Å². The van der Waals surface area contributed by atoms with Crippen LogP contribution in [0.2, 0.25) is 0 Å². The number of amides is 4. The number of aryl methyl sites for hydroxylation is 1. The van der Waals surface area contributed by atoms with Gasteiger partial charge in [-0.25, -0.2) is 4.79 Å². The summed E-state index contributed by atoms with van der Waals surface area (Å²) in [5.74, 6) is 1.35. The highest BCUT2D eigenvalue weighted by Gasteiger charge is 2.52. The molecule has 0 bridgehead atoms. The number of piperidine rings is 2. The van der Waals surface area contributed by atoms with Crippen LogP contribution in [0.1, 0.15) is 37.7 Å². The van der Waals surface area contributed by atoms with E-state index in [4.69, 9.17) is 4.74 Å². The zero-order valence-corrected chi connectivity index (χ0v) is 25.9. The number of benzene rings is 2.